The van der Waals surface area contributed by atoms with Crippen LogP contribution in [0, 0.1) is 0 Å². The van der Waals surface area contributed by atoms with Crippen molar-refractivity contribution in [2.45, 2.75) is 26.7 Å². The van der Waals surface area contributed by atoms with Crippen LogP contribution >= 0.6 is 0 Å². The zero-order chi connectivity index (χ0) is 10.3. The predicted molar refractivity (Wildman–Crippen MR) is 53.4 cm³/mol. The van der Waals surface area contributed by atoms with Gasteiger partial charge in [-0.3, -0.25) is 0 Å². The van der Waals surface area contributed by atoms with E-state index < -0.39 is 0 Å². The molecule has 0 unspecified atom stereocenters. The summed E-state index contributed by atoms with van der Waals surface area (Å²) in [5, 5.41) is 0. The fourth-order valence-corrected chi connectivity index (χ4v) is 1.73. The maximum Gasteiger partial charge on any atom is 0.361 e. The van der Waals surface area contributed by atoms with Crippen molar-refractivity contribution in [3.05, 3.63) is 0 Å². The van der Waals surface area contributed by atoms with Gasteiger partial charge in [0.05, 0.1) is 27.2 Å². The average molecular weight is 315 g/mol. The minimum atomic E-state index is -0.107. The Hall–Kier alpha value is 0.160. The number of methoxy groups -OCH3 is 1. The maximum absolute atomic E-state index is 11.1. The van der Waals surface area contributed by atoms with Gasteiger partial charge in [-0.25, -0.2) is 4.79 Å². The Balaban J connectivity index is 0. The molecule has 86 valence electrons. The van der Waals surface area contributed by atoms with Crippen molar-refractivity contribution in [1.82, 2.24) is 0 Å². The lowest BCUT2D eigenvalue weighted by atomic mass is 10.3. The number of esters is 1. The van der Waals surface area contributed by atoms with Gasteiger partial charge >= 0.3 is 5.97 Å². The Morgan fingerprint density at radius 3 is 1.93 bits per heavy atom. The molecule has 3 nitrogen and oxygen atoms in total. The molecular formula is C10H22INO2. The third-order valence-electron chi connectivity index (χ3n) is 2.27. The zero-order valence-electron chi connectivity index (χ0n) is 9.68. The highest BCUT2D eigenvalue weighted by atomic mass is 127. The van der Waals surface area contributed by atoms with E-state index in [1.807, 2.05) is 0 Å². The van der Waals surface area contributed by atoms with Crippen molar-refractivity contribution in [3.8, 4) is 0 Å². The lowest BCUT2D eigenvalue weighted by Crippen LogP contribution is -3.00. The number of halogens is 1. The van der Waals surface area contributed by atoms with Gasteiger partial charge in [-0.15, -0.1) is 0 Å². The Morgan fingerprint density at radius 1 is 1.21 bits per heavy atom. The van der Waals surface area contributed by atoms with Crippen LogP contribution in [-0.2, 0) is 9.53 Å². The highest BCUT2D eigenvalue weighted by Gasteiger charge is 2.23. The van der Waals surface area contributed by atoms with Crippen LogP contribution in [0.1, 0.15) is 26.7 Å². The molecule has 0 fully saturated rings. The second kappa shape index (κ2) is 8.47. The summed E-state index contributed by atoms with van der Waals surface area (Å²) >= 11 is 0. The molecule has 0 aromatic carbocycles. The van der Waals surface area contributed by atoms with Crippen molar-refractivity contribution in [1.29, 1.82) is 0 Å². The Labute approximate surface area is 104 Å². The molecule has 0 bridgehead atoms. The largest absolute Gasteiger partial charge is 1.00 e. The molecule has 0 atom stereocenters. The molecule has 0 heterocycles. The van der Waals surface area contributed by atoms with Gasteiger partial charge in [-0.05, 0) is 12.8 Å². The van der Waals surface area contributed by atoms with Gasteiger partial charge in [0.15, 0.2) is 6.54 Å². The molecule has 4 heteroatoms. The molecule has 0 radical (unpaired) electrons. The molecule has 0 N–H and O–H groups in total. The van der Waals surface area contributed by atoms with E-state index in [0.29, 0.717) is 6.54 Å². The minimum absolute atomic E-state index is 0. The topological polar surface area (TPSA) is 26.3 Å². The summed E-state index contributed by atoms with van der Waals surface area (Å²) in [4.78, 5) is 11.1. The van der Waals surface area contributed by atoms with Gasteiger partial charge in [0, 0.05) is 0 Å². The first-order valence-corrected chi connectivity index (χ1v) is 4.98. The molecule has 0 aliphatic rings. The third kappa shape index (κ3) is 6.59. The Morgan fingerprint density at radius 2 is 1.64 bits per heavy atom. The summed E-state index contributed by atoms with van der Waals surface area (Å²) in [7, 11) is 3.56. The number of nitrogens with zero attached hydrogens (tertiary/aromatic N) is 1. The van der Waals surface area contributed by atoms with Crippen molar-refractivity contribution < 1.29 is 38.0 Å². The normalized spacial score (nSPS) is 10.6. The van der Waals surface area contributed by atoms with E-state index in [1.54, 1.807) is 0 Å². The highest BCUT2D eigenvalue weighted by Crippen LogP contribution is 2.05. The van der Waals surface area contributed by atoms with Crippen molar-refractivity contribution in [2.75, 3.05) is 33.8 Å². The second-order valence-electron chi connectivity index (χ2n) is 3.80. The zero-order valence-corrected chi connectivity index (χ0v) is 11.8. The number of carbonyl (C=O) groups excluding carboxylic acids is 1. The predicted octanol–water partition coefficient (Wildman–Crippen LogP) is -1.57. The van der Waals surface area contributed by atoms with E-state index in [2.05, 4.69) is 25.6 Å². The van der Waals surface area contributed by atoms with Gasteiger partial charge in [-0.2, -0.15) is 0 Å². The van der Waals surface area contributed by atoms with E-state index in [1.165, 1.54) is 7.11 Å². The standard InChI is InChI=1S/C10H22NO2.HI/c1-5-7-11(3,8-6-2)9-10(12)13-4;/h5-9H2,1-4H3;1H/q+1;/p-1. The summed E-state index contributed by atoms with van der Waals surface area (Å²) in [6.07, 6.45) is 2.21. The SMILES string of the molecule is CCC[N+](C)(CCC)CC(=O)OC.[I-]. The van der Waals surface area contributed by atoms with Crippen LogP contribution in [0.3, 0.4) is 0 Å². The van der Waals surface area contributed by atoms with E-state index in [4.69, 9.17) is 0 Å². The number of carbonyl (C=O) groups is 1. The Kier molecular flexibility index (Phi) is 10.0. The van der Waals surface area contributed by atoms with Gasteiger partial charge in [0.25, 0.3) is 0 Å². The highest BCUT2D eigenvalue weighted by molar-refractivity contribution is 5.70. The first-order chi connectivity index (χ1) is 6.08. The van der Waals surface area contributed by atoms with Gasteiger partial charge in [0.2, 0.25) is 0 Å². The molecule has 0 rings (SSSR count). The summed E-state index contributed by atoms with van der Waals surface area (Å²) in [5.74, 6) is -0.107. The monoisotopic (exact) mass is 315 g/mol. The number of likely N-dealkylation sites (N-methyl/N-ethyl adjacent to an activating group) is 1. The van der Waals surface area contributed by atoms with Gasteiger partial charge in [-0.1, -0.05) is 13.8 Å². The number of quaternary nitrogens is 1. The van der Waals surface area contributed by atoms with Crippen LogP contribution in [0.5, 0.6) is 0 Å². The van der Waals surface area contributed by atoms with E-state index >= 15 is 0 Å². The van der Waals surface area contributed by atoms with Crippen LogP contribution in [0.15, 0.2) is 0 Å². The number of hydrogen-bond donors (Lipinski definition) is 0. The summed E-state index contributed by atoms with van der Waals surface area (Å²) in [6.45, 7) is 6.87. The minimum Gasteiger partial charge on any atom is -1.00 e. The van der Waals surface area contributed by atoms with Crippen molar-refractivity contribution in [3.63, 3.8) is 0 Å². The maximum atomic E-state index is 11.1. The van der Waals surface area contributed by atoms with Gasteiger partial charge < -0.3 is 33.2 Å². The van der Waals surface area contributed by atoms with Crippen LogP contribution < -0.4 is 24.0 Å². The molecule has 0 saturated heterocycles. The first-order valence-electron chi connectivity index (χ1n) is 4.98. The van der Waals surface area contributed by atoms with Crippen molar-refractivity contribution in [2.24, 2.45) is 0 Å². The molecule has 0 amide bonds. The molecule has 0 aromatic rings. The molecular weight excluding hydrogens is 293 g/mol. The van der Waals surface area contributed by atoms with E-state index in [-0.39, 0.29) is 29.9 Å². The Bertz CT molecular complexity index is 156. The first kappa shape index (κ1) is 16.6. The molecule has 0 saturated carbocycles. The lowest BCUT2D eigenvalue weighted by Gasteiger charge is -2.32. The molecule has 0 aliphatic heterocycles. The molecule has 0 aromatic heterocycles. The summed E-state index contributed by atoms with van der Waals surface area (Å²) < 4.78 is 5.49. The van der Waals surface area contributed by atoms with E-state index in [0.717, 1.165) is 30.4 Å². The second-order valence-corrected chi connectivity index (χ2v) is 3.80. The number of ether oxygens (including phenoxy) is 1. The fraction of sp³-hybridized carbons (Fsp3) is 0.900. The summed E-state index contributed by atoms with van der Waals surface area (Å²) in [6, 6.07) is 0. The van der Waals surface area contributed by atoms with Crippen LogP contribution in [-0.4, -0.2) is 44.2 Å². The quantitative estimate of drug-likeness (QED) is 0.336. The van der Waals surface area contributed by atoms with Crippen LogP contribution in [0.4, 0.5) is 0 Å². The average Bonchev–Trinajstić information content (AvgIpc) is 2.04. The third-order valence-corrected chi connectivity index (χ3v) is 2.27. The van der Waals surface area contributed by atoms with Gasteiger partial charge in [0.1, 0.15) is 0 Å². The van der Waals surface area contributed by atoms with Crippen molar-refractivity contribution >= 4 is 5.97 Å². The fourth-order valence-electron chi connectivity index (χ4n) is 1.73. The molecule has 0 spiro atoms. The van der Waals surface area contributed by atoms with Crippen LogP contribution in [0.25, 0.3) is 0 Å². The smallest absolute Gasteiger partial charge is 0.361 e. The lowest BCUT2D eigenvalue weighted by molar-refractivity contribution is -0.902. The van der Waals surface area contributed by atoms with Crippen LogP contribution in [0.2, 0.25) is 0 Å². The molecule has 14 heavy (non-hydrogen) atoms. The molecule has 0 aliphatic carbocycles. The summed E-state index contributed by atoms with van der Waals surface area (Å²) in [5.41, 5.74) is 0. The number of rotatable bonds is 6. The number of hydrogen-bond acceptors (Lipinski definition) is 2. The van der Waals surface area contributed by atoms with E-state index in [9.17, 15) is 4.79 Å².